The summed E-state index contributed by atoms with van der Waals surface area (Å²) in [5, 5.41) is 17.7. The van der Waals surface area contributed by atoms with Gasteiger partial charge in [0, 0.05) is 29.0 Å². The summed E-state index contributed by atoms with van der Waals surface area (Å²) >= 11 is 5.91. The zero-order valence-electron chi connectivity index (χ0n) is 11.8. The molecule has 0 aliphatic heterocycles. The Kier molecular flexibility index (Phi) is 4.41. The Morgan fingerprint density at radius 1 is 1.27 bits per heavy atom. The first-order chi connectivity index (χ1) is 10.8. The number of rotatable bonds is 6. The molecular formula is C15H16ClN5O. The van der Waals surface area contributed by atoms with E-state index in [4.69, 9.17) is 11.6 Å². The number of aromatic nitrogens is 4. The maximum absolute atomic E-state index is 9.19. The normalized spacial score (nSPS) is 10.8. The number of aliphatic hydroxyl groups excluding tert-OH is 1. The summed E-state index contributed by atoms with van der Waals surface area (Å²) in [5.41, 5.74) is 1.80. The van der Waals surface area contributed by atoms with Gasteiger partial charge in [0.25, 0.3) is 0 Å². The number of hydrogen-bond acceptors (Lipinski definition) is 4. The van der Waals surface area contributed by atoms with Crippen molar-refractivity contribution in [3.63, 3.8) is 0 Å². The number of H-pyrrole nitrogens is 1. The topological polar surface area (TPSA) is 78.8 Å². The van der Waals surface area contributed by atoms with Gasteiger partial charge in [0.15, 0.2) is 0 Å². The minimum Gasteiger partial charge on any atom is -0.394 e. The summed E-state index contributed by atoms with van der Waals surface area (Å²) in [6.07, 6.45) is 3.49. The second-order valence-corrected chi connectivity index (χ2v) is 5.19. The Hall–Kier alpha value is -2.31. The maximum Gasteiger partial charge on any atom is 0.125 e. The van der Waals surface area contributed by atoms with Gasteiger partial charge in [-0.05, 0) is 12.1 Å². The van der Waals surface area contributed by atoms with Crippen LogP contribution in [0.4, 0.5) is 5.82 Å². The van der Waals surface area contributed by atoms with Crippen LogP contribution in [0.15, 0.2) is 42.7 Å². The quantitative estimate of drug-likeness (QED) is 0.653. The number of anilines is 1. The Balaban J connectivity index is 1.83. The molecule has 0 bridgehead atoms. The third-order valence-corrected chi connectivity index (χ3v) is 3.48. The average molecular weight is 318 g/mol. The Morgan fingerprint density at radius 3 is 2.77 bits per heavy atom. The summed E-state index contributed by atoms with van der Waals surface area (Å²) in [7, 11) is 0. The van der Waals surface area contributed by atoms with Gasteiger partial charge in [0.05, 0.1) is 25.4 Å². The number of halogens is 1. The summed E-state index contributed by atoms with van der Waals surface area (Å²) < 4.78 is 1.74. The Labute approximate surface area is 132 Å². The second kappa shape index (κ2) is 6.64. The summed E-state index contributed by atoms with van der Waals surface area (Å²) in [5.74, 6) is 1.67. The van der Waals surface area contributed by atoms with Crippen LogP contribution in [0.2, 0.25) is 5.02 Å². The van der Waals surface area contributed by atoms with Crippen LogP contribution < -0.4 is 5.32 Å². The van der Waals surface area contributed by atoms with E-state index < -0.39 is 0 Å². The van der Waals surface area contributed by atoms with Gasteiger partial charge in [-0.2, -0.15) is 5.10 Å². The lowest BCUT2D eigenvalue weighted by Gasteiger charge is -2.06. The fraction of sp³-hybridized carbons (Fsp3) is 0.200. The van der Waals surface area contributed by atoms with E-state index in [2.05, 4.69) is 20.4 Å². The largest absolute Gasteiger partial charge is 0.394 e. The fourth-order valence-electron chi connectivity index (χ4n) is 2.15. The predicted molar refractivity (Wildman–Crippen MR) is 85.7 cm³/mol. The smallest absolute Gasteiger partial charge is 0.125 e. The molecule has 2 heterocycles. The molecule has 0 aliphatic carbocycles. The first kappa shape index (κ1) is 14.6. The Bertz CT molecular complexity index is 721. The van der Waals surface area contributed by atoms with Crippen molar-refractivity contribution < 1.29 is 5.11 Å². The van der Waals surface area contributed by atoms with Crippen LogP contribution in [0.1, 0.15) is 5.82 Å². The summed E-state index contributed by atoms with van der Waals surface area (Å²) in [4.78, 5) is 7.21. The highest BCUT2D eigenvalue weighted by Gasteiger charge is 2.09. The SMILES string of the molecule is OCCn1nc(-c2ccc(Cl)cc2)cc1NCc1ncc[nH]1. The number of benzene rings is 1. The van der Waals surface area contributed by atoms with E-state index in [0.717, 1.165) is 22.9 Å². The first-order valence-electron chi connectivity index (χ1n) is 6.93. The lowest BCUT2D eigenvalue weighted by atomic mass is 10.1. The zero-order chi connectivity index (χ0) is 15.4. The van der Waals surface area contributed by atoms with Crippen molar-refractivity contribution in [1.29, 1.82) is 0 Å². The van der Waals surface area contributed by atoms with Crippen molar-refractivity contribution in [1.82, 2.24) is 19.7 Å². The molecule has 3 rings (SSSR count). The molecule has 0 saturated carbocycles. The van der Waals surface area contributed by atoms with Crippen LogP contribution in [0.25, 0.3) is 11.3 Å². The fourth-order valence-corrected chi connectivity index (χ4v) is 2.28. The zero-order valence-corrected chi connectivity index (χ0v) is 12.6. The van der Waals surface area contributed by atoms with Gasteiger partial charge in [0.1, 0.15) is 11.6 Å². The van der Waals surface area contributed by atoms with Crippen LogP contribution in [0.3, 0.4) is 0 Å². The van der Waals surface area contributed by atoms with Crippen molar-refractivity contribution >= 4 is 17.4 Å². The molecule has 0 atom stereocenters. The van der Waals surface area contributed by atoms with E-state index in [1.165, 1.54) is 0 Å². The molecule has 0 fully saturated rings. The lowest BCUT2D eigenvalue weighted by molar-refractivity contribution is 0.270. The van der Waals surface area contributed by atoms with E-state index in [9.17, 15) is 5.11 Å². The molecule has 22 heavy (non-hydrogen) atoms. The van der Waals surface area contributed by atoms with E-state index in [0.29, 0.717) is 18.1 Å². The van der Waals surface area contributed by atoms with Crippen LogP contribution in [0.5, 0.6) is 0 Å². The Morgan fingerprint density at radius 2 is 2.09 bits per heavy atom. The molecule has 2 aromatic heterocycles. The molecule has 6 nitrogen and oxygen atoms in total. The molecular weight excluding hydrogens is 302 g/mol. The molecule has 1 aromatic carbocycles. The number of aliphatic hydroxyl groups is 1. The van der Waals surface area contributed by atoms with E-state index in [1.54, 1.807) is 17.1 Å². The van der Waals surface area contributed by atoms with Crippen molar-refractivity contribution in [3.8, 4) is 11.3 Å². The molecule has 114 valence electrons. The highest BCUT2D eigenvalue weighted by atomic mass is 35.5. The third-order valence-electron chi connectivity index (χ3n) is 3.22. The molecule has 0 saturated heterocycles. The minimum atomic E-state index is 0.0250. The van der Waals surface area contributed by atoms with E-state index in [-0.39, 0.29) is 6.61 Å². The predicted octanol–water partition coefficient (Wildman–Crippen LogP) is 2.53. The molecule has 3 N–H and O–H groups in total. The van der Waals surface area contributed by atoms with Crippen LogP contribution in [-0.2, 0) is 13.1 Å². The molecule has 0 aliphatic rings. The number of nitrogens with one attached hydrogen (secondary N) is 2. The monoisotopic (exact) mass is 317 g/mol. The van der Waals surface area contributed by atoms with Gasteiger partial charge >= 0.3 is 0 Å². The van der Waals surface area contributed by atoms with E-state index in [1.807, 2.05) is 30.3 Å². The van der Waals surface area contributed by atoms with E-state index >= 15 is 0 Å². The average Bonchev–Trinajstić information content (AvgIpc) is 3.16. The van der Waals surface area contributed by atoms with Crippen LogP contribution in [-0.4, -0.2) is 31.5 Å². The lowest BCUT2D eigenvalue weighted by Crippen LogP contribution is -2.10. The number of hydrogen-bond donors (Lipinski definition) is 3. The van der Waals surface area contributed by atoms with Crippen LogP contribution in [0, 0.1) is 0 Å². The summed E-state index contributed by atoms with van der Waals surface area (Å²) in [6.45, 7) is 1.01. The molecule has 3 aromatic rings. The molecule has 7 heteroatoms. The van der Waals surface area contributed by atoms with Gasteiger partial charge in [-0.3, -0.25) is 0 Å². The molecule has 0 radical (unpaired) electrons. The standard InChI is InChI=1S/C15H16ClN5O/c16-12-3-1-11(2-4-12)13-9-15(21(20-13)7-8-22)19-10-14-17-5-6-18-14/h1-6,9,19,22H,7-8,10H2,(H,17,18). The van der Waals surface area contributed by atoms with Crippen molar-refractivity contribution in [2.45, 2.75) is 13.1 Å². The van der Waals surface area contributed by atoms with Gasteiger partial charge in [-0.15, -0.1) is 0 Å². The molecule has 0 unspecified atom stereocenters. The van der Waals surface area contributed by atoms with Gasteiger partial charge in [-0.25, -0.2) is 9.67 Å². The van der Waals surface area contributed by atoms with Crippen molar-refractivity contribution in [2.24, 2.45) is 0 Å². The number of aromatic amines is 1. The summed E-state index contributed by atoms with van der Waals surface area (Å²) in [6, 6.07) is 9.45. The van der Waals surface area contributed by atoms with Crippen LogP contribution >= 0.6 is 11.6 Å². The second-order valence-electron chi connectivity index (χ2n) is 4.76. The highest BCUT2D eigenvalue weighted by molar-refractivity contribution is 6.30. The highest BCUT2D eigenvalue weighted by Crippen LogP contribution is 2.23. The van der Waals surface area contributed by atoms with Gasteiger partial charge in [-0.1, -0.05) is 23.7 Å². The third kappa shape index (κ3) is 3.29. The van der Waals surface area contributed by atoms with Crippen molar-refractivity contribution in [3.05, 3.63) is 53.6 Å². The number of nitrogens with zero attached hydrogens (tertiary/aromatic N) is 3. The molecule has 0 amide bonds. The first-order valence-corrected chi connectivity index (χ1v) is 7.31. The molecule has 0 spiro atoms. The van der Waals surface area contributed by atoms with Gasteiger partial charge in [0.2, 0.25) is 0 Å². The van der Waals surface area contributed by atoms with Gasteiger partial charge < -0.3 is 15.4 Å². The number of imidazole rings is 1. The minimum absolute atomic E-state index is 0.0250. The maximum atomic E-state index is 9.19. The van der Waals surface area contributed by atoms with Crippen molar-refractivity contribution in [2.75, 3.05) is 11.9 Å².